The number of aromatic carboxylic acids is 1. The van der Waals surface area contributed by atoms with E-state index in [1.165, 1.54) is 18.5 Å². The van der Waals surface area contributed by atoms with Crippen LogP contribution in [0, 0.1) is 18.3 Å². The van der Waals surface area contributed by atoms with Crippen molar-refractivity contribution in [1.29, 1.82) is 5.26 Å². The maximum atomic E-state index is 10.8. The minimum absolute atomic E-state index is 0.0582. The molecule has 1 heterocycles. The lowest BCUT2D eigenvalue weighted by Gasteiger charge is -2.07. The van der Waals surface area contributed by atoms with E-state index in [-0.39, 0.29) is 5.56 Å². The van der Waals surface area contributed by atoms with Gasteiger partial charge in [-0.3, -0.25) is 4.98 Å². The Balaban J connectivity index is 2.26. The van der Waals surface area contributed by atoms with E-state index in [2.05, 4.69) is 11.1 Å². The van der Waals surface area contributed by atoms with Crippen molar-refractivity contribution in [2.75, 3.05) is 0 Å². The van der Waals surface area contributed by atoms with Gasteiger partial charge in [-0.1, -0.05) is 0 Å². The molecule has 2 rings (SSSR count). The second kappa shape index (κ2) is 5.19. The Morgan fingerprint density at radius 2 is 2.11 bits per heavy atom. The first-order valence-electron chi connectivity index (χ1n) is 5.47. The molecule has 0 unspecified atom stereocenters. The number of nitrogens with zero attached hydrogens (tertiary/aromatic N) is 2. The summed E-state index contributed by atoms with van der Waals surface area (Å²) in [6, 6.07) is 8.47. The first-order valence-corrected chi connectivity index (χ1v) is 5.47. The Bertz CT molecular complexity index is 675. The summed E-state index contributed by atoms with van der Waals surface area (Å²) in [6.07, 6.45) is 2.68. The highest BCUT2D eigenvalue weighted by atomic mass is 16.5. The molecule has 0 saturated heterocycles. The van der Waals surface area contributed by atoms with Gasteiger partial charge in [-0.25, -0.2) is 4.79 Å². The third kappa shape index (κ3) is 2.87. The monoisotopic (exact) mass is 254 g/mol. The first-order chi connectivity index (χ1) is 9.10. The molecule has 1 aromatic heterocycles. The number of carboxylic acid groups (broad SMARTS) is 1. The quantitative estimate of drug-likeness (QED) is 0.910. The number of benzene rings is 1. The van der Waals surface area contributed by atoms with E-state index >= 15 is 0 Å². The predicted octanol–water partition coefficient (Wildman–Crippen LogP) is 2.75. The average molecular weight is 254 g/mol. The van der Waals surface area contributed by atoms with Crippen molar-refractivity contribution in [3.8, 4) is 17.6 Å². The summed E-state index contributed by atoms with van der Waals surface area (Å²) in [7, 11) is 0. The predicted molar refractivity (Wildman–Crippen MR) is 67.2 cm³/mol. The van der Waals surface area contributed by atoms with E-state index in [9.17, 15) is 4.79 Å². The van der Waals surface area contributed by atoms with Gasteiger partial charge >= 0.3 is 5.97 Å². The van der Waals surface area contributed by atoms with Crippen LogP contribution in [0.5, 0.6) is 11.5 Å². The summed E-state index contributed by atoms with van der Waals surface area (Å²) in [5.41, 5.74) is 1.43. The number of rotatable bonds is 3. The molecule has 5 nitrogen and oxygen atoms in total. The minimum atomic E-state index is -1.06. The maximum Gasteiger partial charge on any atom is 0.337 e. The molecule has 0 spiro atoms. The van der Waals surface area contributed by atoms with Crippen molar-refractivity contribution in [3.05, 3.63) is 53.3 Å². The number of hydrogen-bond acceptors (Lipinski definition) is 4. The Kier molecular flexibility index (Phi) is 3.44. The molecule has 5 heteroatoms. The van der Waals surface area contributed by atoms with Gasteiger partial charge in [0.1, 0.15) is 11.5 Å². The fraction of sp³-hybridized carbons (Fsp3) is 0.0714. The molecule has 1 N–H and O–H groups in total. The summed E-state index contributed by atoms with van der Waals surface area (Å²) in [4.78, 5) is 14.6. The van der Waals surface area contributed by atoms with Crippen molar-refractivity contribution in [2.24, 2.45) is 0 Å². The first kappa shape index (κ1) is 12.6. The summed E-state index contributed by atoms with van der Waals surface area (Å²) in [5, 5.41) is 17.7. The maximum absolute atomic E-state index is 10.8. The van der Waals surface area contributed by atoms with Crippen LogP contribution in [0.4, 0.5) is 0 Å². The lowest BCUT2D eigenvalue weighted by molar-refractivity contribution is 0.0696. The minimum Gasteiger partial charge on any atom is -0.478 e. The van der Waals surface area contributed by atoms with E-state index in [1.807, 2.05) is 0 Å². The van der Waals surface area contributed by atoms with Crippen LogP contribution in [0.1, 0.15) is 21.5 Å². The topological polar surface area (TPSA) is 83.2 Å². The molecule has 0 aliphatic carbocycles. The van der Waals surface area contributed by atoms with E-state index in [4.69, 9.17) is 15.1 Å². The van der Waals surface area contributed by atoms with Crippen LogP contribution in [0.3, 0.4) is 0 Å². The lowest BCUT2D eigenvalue weighted by atomic mass is 10.1. The van der Waals surface area contributed by atoms with Gasteiger partial charge in [0.05, 0.1) is 23.4 Å². The zero-order chi connectivity index (χ0) is 13.8. The summed E-state index contributed by atoms with van der Waals surface area (Å²) < 4.78 is 5.51. The molecule has 19 heavy (non-hydrogen) atoms. The van der Waals surface area contributed by atoms with Crippen molar-refractivity contribution in [1.82, 2.24) is 4.98 Å². The third-order valence-corrected chi connectivity index (χ3v) is 2.51. The Morgan fingerprint density at radius 1 is 1.32 bits per heavy atom. The standard InChI is InChI=1S/C14H10N2O3/c1-9-4-12(3-2-10(9)6-15)19-13-5-11(14(17)18)7-16-8-13/h2-5,7-8H,1H3,(H,17,18). The number of ether oxygens (including phenoxy) is 1. The highest BCUT2D eigenvalue weighted by molar-refractivity contribution is 5.87. The fourth-order valence-corrected chi connectivity index (χ4v) is 1.55. The van der Waals surface area contributed by atoms with Gasteiger partial charge in [0.15, 0.2) is 0 Å². The number of carbonyl (C=O) groups is 1. The molecule has 0 amide bonds. The second-order valence-corrected chi connectivity index (χ2v) is 3.91. The number of aromatic nitrogens is 1. The van der Waals surface area contributed by atoms with Crippen LogP contribution in [-0.2, 0) is 0 Å². The molecule has 0 atom stereocenters. The highest BCUT2D eigenvalue weighted by Crippen LogP contribution is 2.23. The van der Waals surface area contributed by atoms with Gasteiger partial charge < -0.3 is 9.84 Å². The smallest absolute Gasteiger partial charge is 0.337 e. The molecule has 0 saturated carbocycles. The van der Waals surface area contributed by atoms with E-state index < -0.39 is 5.97 Å². The van der Waals surface area contributed by atoms with Gasteiger partial charge in [0.2, 0.25) is 0 Å². The van der Waals surface area contributed by atoms with Gasteiger partial charge in [0.25, 0.3) is 0 Å². The van der Waals surface area contributed by atoms with Gasteiger partial charge in [0, 0.05) is 6.20 Å². The Labute approximate surface area is 109 Å². The van der Waals surface area contributed by atoms with Crippen LogP contribution in [0.25, 0.3) is 0 Å². The normalized spacial score (nSPS) is 9.68. The second-order valence-electron chi connectivity index (χ2n) is 3.91. The van der Waals surface area contributed by atoms with E-state index in [1.54, 1.807) is 25.1 Å². The molecular weight excluding hydrogens is 244 g/mol. The molecule has 2 aromatic rings. The van der Waals surface area contributed by atoms with E-state index in [0.29, 0.717) is 17.1 Å². The lowest BCUT2D eigenvalue weighted by Crippen LogP contribution is -1.97. The highest BCUT2D eigenvalue weighted by Gasteiger charge is 2.06. The average Bonchev–Trinajstić information content (AvgIpc) is 2.39. The van der Waals surface area contributed by atoms with Crippen LogP contribution >= 0.6 is 0 Å². The van der Waals surface area contributed by atoms with Gasteiger partial charge in [-0.2, -0.15) is 5.26 Å². The molecule has 0 aliphatic rings. The Morgan fingerprint density at radius 3 is 2.74 bits per heavy atom. The van der Waals surface area contributed by atoms with Crippen LogP contribution in [-0.4, -0.2) is 16.1 Å². The molecule has 0 fully saturated rings. The zero-order valence-corrected chi connectivity index (χ0v) is 10.1. The van der Waals surface area contributed by atoms with Gasteiger partial charge in [-0.05, 0) is 36.8 Å². The summed E-state index contributed by atoms with van der Waals surface area (Å²) >= 11 is 0. The summed E-state index contributed by atoms with van der Waals surface area (Å²) in [5.74, 6) is -0.196. The van der Waals surface area contributed by atoms with Gasteiger partial charge in [-0.15, -0.1) is 0 Å². The molecule has 0 radical (unpaired) electrons. The van der Waals surface area contributed by atoms with Crippen molar-refractivity contribution < 1.29 is 14.6 Å². The third-order valence-electron chi connectivity index (χ3n) is 2.51. The molecular formula is C14H10N2O3. The van der Waals surface area contributed by atoms with Crippen molar-refractivity contribution >= 4 is 5.97 Å². The molecule has 0 bridgehead atoms. The zero-order valence-electron chi connectivity index (χ0n) is 10.1. The number of aryl methyl sites for hydroxylation is 1. The summed E-state index contributed by atoms with van der Waals surface area (Å²) in [6.45, 7) is 1.80. The SMILES string of the molecule is Cc1cc(Oc2cncc(C(=O)O)c2)ccc1C#N. The molecule has 94 valence electrons. The van der Waals surface area contributed by atoms with Crippen LogP contribution in [0.15, 0.2) is 36.7 Å². The number of carboxylic acids is 1. The van der Waals surface area contributed by atoms with Crippen molar-refractivity contribution in [2.45, 2.75) is 6.92 Å². The number of hydrogen-bond donors (Lipinski definition) is 1. The van der Waals surface area contributed by atoms with Crippen molar-refractivity contribution in [3.63, 3.8) is 0 Å². The Hall–Kier alpha value is -2.87. The number of nitriles is 1. The van der Waals surface area contributed by atoms with Crippen LogP contribution in [0.2, 0.25) is 0 Å². The van der Waals surface area contributed by atoms with Crippen LogP contribution < -0.4 is 4.74 Å². The largest absolute Gasteiger partial charge is 0.478 e. The van der Waals surface area contributed by atoms with E-state index in [0.717, 1.165) is 5.56 Å². The molecule has 1 aromatic carbocycles. The fourth-order valence-electron chi connectivity index (χ4n) is 1.55. The number of pyridine rings is 1. The molecule has 0 aliphatic heterocycles.